The molecule has 1 N–H and O–H groups in total. The summed E-state index contributed by atoms with van der Waals surface area (Å²) in [5, 5.41) is 4.08. The summed E-state index contributed by atoms with van der Waals surface area (Å²) in [5.74, 6) is 2.41. The summed E-state index contributed by atoms with van der Waals surface area (Å²) < 4.78 is 5.56. The number of aromatic nitrogens is 2. The van der Waals surface area contributed by atoms with Crippen molar-refractivity contribution in [2.24, 2.45) is 5.92 Å². The van der Waals surface area contributed by atoms with Crippen LogP contribution in [-0.4, -0.2) is 29.0 Å². The van der Waals surface area contributed by atoms with Gasteiger partial charge in [0.15, 0.2) is 11.6 Å². The monoisotopic (exact) mass is 442 g/mol. The van der Waals surface area contributed by atoms with Crippen LogP contribution in [0, 0.1) is 5.92 Å². The van der Waals surface area contributed by atoms with E-state index in [4.69, 9.17) is 14.4 Å². The summed E-state index contributed by atoms with van der Waals surface area (Å²) in [6.45, 7) is 7.68. The molecule has 0 saturated carbocycles. The van der Waals surface area contributed by atoms with E-state index in [9.17, 15) is 4.79 Å². The minimum absolute atomic E-state index is 0.0183. The van der Waals surface area contributed by atoms with Gasteiger partial charge in [0.1, 0.15) is 5.82 Å². The first-order valence-electron chi connectivity index (χ1n) is 11.4. The molecule has 2 aromatic carbocycles. The van der Waals surface area contributed by atoms with Crippen LogP contribution < -0.4 is 10.2 Å². The Bertz CT molecular complexity index is 1190. The molecule has 4 aromatic rings. The van der Waals surface area contributed by atoms with Crippen LogP contribution in [0.2, 0.25) is 0 Å². The minimum Gasteiger partial charge on any atom is -0.461 e. The standard InChI is InChI=1S/C27H30N4O2/c1-19(2)18-31(16-15-25(32)28-20(3)21-10-5-4-6-11-21)27-22-12-7-8-13-23(22)29-26(30-27)24-14-9-17-33-24/h4-14,17,19-20H,15-16,18H2,1-3H3,(H,28,32)/t20-/m1/s1. The quantitative estimate of drug-likeness (QED) is 0.364. The number of furan rings is 1. The highest BCUT2D eigenvalue weighted by Gasteiger charge is 2.19. The van der Waals surface area contributed by atoms with Crippen molar-refractivity contribution in [2.75, 3.05) is 18.0 Å². The topological polar surface area (TPSA) is 71.3 Å². The van der Waals surface area contributed by atoms with Crippen molar-refractivity contribution < 1.29 is 9.21 Å². The van der Waals surface area contributed by atoms with Gasteiger partial charge >= 0.3 is 0 Å². The van der Waals surface area contributed by atoms with E-state index in [2.05, 4.69) is 24.1 Å². The second kappa shape index (κ2) is 10.3. The minimum atomic E-state index is -0.0392. The van der Waals surface area contributed by atoms with E-state index in [0.29, 0.717) is 30.5 Å². The van der Waals surface area contributed by atoms with Crippen LogP contribution in [0.5, 0.6) is 0 Å². The number of anilines is 1. The first kappa shape index (κ1) is 22.5. The molecule has 0 saturated heterocycles. The van der Waals surface area contributed by atoms with Crippen molar-refractivity contribution in [1.29, 1.82) is 0 Å². The van der Waals surface area contributed by atoms with Gasteiger partial charge in [0.2, 0.25) is 5.91 Å². The molecule has 170 valence electrons. The number of para-hydroxylation sites is 1. The summed E-state index contributed by atoms with van der Waals surface area (Å²) in [7, 11) is 0. The van der Waals surface area contributed by atoms with E-state index in [1.807, 2.05) is 73.7 Å². The van der Waals surface area contributed by atoms with Gasteiger partial charge in [-0.1, -0.05) is 56.3 Å². The highest BCUT2D eigenvalue weighted by Crippen LogP contribution is 2.28. The lowest BCUT2D eigenvalue weighted by atomic mass is 10.1. The fourth-order valence-electron chi connectivity index (χ4n) is 3.92. The molecular weight excluding hydrogens is 412 g/mol. The number of hydrogen-bond acceptors (Lipinski definition) is 5. The number of carbonyl (C=O) groups is 1. The van der Waals surface area contributed by atoms with E-state index in [1.165, 1.54) is 0 Å². The van der Waals surface area contributed by atoms with E-state index in [1.54, 1.807) is 6.26 Å². The molecule has 0 unspecified atom stereocenters. The Morgan fingerprint density at radius 2 is 1.73 bits per heavy atom. The maximum atomic E-state index is 12.8. The molecule has 2 aromatic heterocycles. The molecule has 0 fully saturated rings. The maximum Gasteiger partial charge on any atom is 0.222 e. The van der Waals surface area contributed by atoms with Crippen LogP contribution in [0.25, 0.3) is 22.5 Å². The Morgan fingerprint density at radius 3 is 2.45 bits per heavy atom. The second-order valence-electron chi connectivity index (χ2n) is 8.66. The lowest BCUT2D eigenvalue weighted by Crippen LogP contribution is -2.34. The van der Waals surface area contributed by atoms with Gasteiger partial charge in [0, 0.05) is 24.9 Å². The Hall–Kier alpha value is -3.67. The average Bonchev–Trinajstić information content (AvgIpc) is 3.36. The zero-order valence-electron chi connectivity index (χ0n) is 19.4. The van der Waals surface area contributed by atoms with Crippen LogP contribution in [0.3, 0.4) is 0 Å². The summed E-state index contributed by atoms with van der Waals surface area (Å²) in [5.41, 5.74) is 1.94. The molecule has 1 amide bonds. The Labute approximate surface area is 194 Å². The number of nitrogens with one attached hydrogen (secondary N) is 1. The fraction of sp³-hybridized carbons (Fsp3) is 0.296. The molecule has 0 aliphatic carbocycles. The van der Waals surface area contributed by atoms with Crippen molar-refractivity contribution in [3.63, 3.8) is 0 Å². The number of nitrogens with zero attached hydrogens (tertiary/aromatic N) is 3. The summed E-state index contributed by atoms with van der Waals surface area (Å²) in [6, 6.07) is 21.6. The highest BCUT2D eigenvalue weighted by molar-refractivity contribution is 5.91. The molecule has 2 heterocycles. The van der Waals surface area contributed by atoms with Crippen molar-refractivity contribution in [1.82, 2.24) is 15.3 Å². The van der Waals surface area contributed by atoms with Gasteiger partial charge in [-0.05, 0) is 42.7 Å². The zero-order chi connectivity index (χ0) is 23.2. The number of carbonyl (C=O) groups excluding carboxylic acids is 1. The first-order chi connectivity index (χ1) is 16.0. The third-order valence-electron chi connectivity index (χ3n) is 5.50. The van der Waals surface area contributed by atoms with Gasteiger partial charge in [-0.2, -0.15) is 0 Å². The van der Waals surface area contributed by atoms with Crippen LogP contribution in [-0.2, 0) is 4.79 Å². The molecule has 33 heavy (non-hydrogen) atoms. The summed E-state index contributed by atoms with van der Waals surface area (Å²) >= 11 is 0. The van der Waals surface area contributed by atoms with Gasteiger partial charge in [-0.25, -0.2) is 9.97 Å². The van der Waals surface area contributed by atoms with Gasteiger partial charge in [-0.15, -0.1) is 0 Å². The van der Waals surface area contributed by atoms with Gasteiger partial charge in [0.25, 0.3) is 0 Å². The maximum absolute atomic E-state index is 12.8. The first-order valence-corrected chi connectivity index (χ1v) is 11.4. The van der Waals surface area contributed by atoms with Crippen molar-refractivity contribution in [3.8, 4) is 11.6 Å². The Kier molecular flexibility index (Phi) is 7.03. The number of amides is 1. The lowest BCUT2D eigenvalue weighted by molar-refractivity contribution is -0.121. The van der Waals surface area contributed by atoms with Gasteiger partial charge in [0.05, 0.1) is 17.8 Å². The van der Waals surface area contributed by atoms with Crippen molar-refractivity contribution in [2.45, 2.75) is 33.2 Å². The fourth-order valence-corrected chi connectivity index (χ4v) is 3.92. The van der Waals surface area contributed by atoms with E-state index in [-0.39, 0.29) is 11.9 Å². The Morgan fingerprint density at radius 1 is 0.970 bits per heavy atom. The van der Waals surface area contributed by atoms with Gasteiger partial charge < -0.3 is 14.6 Å². The van der Waals surface area contributed by atoms with E-state index >= 15 is 0 Å². The van der Waals surface area contributed by atoms with E-state index < -0.39 is 0 Å². The lowest BCUT2D eigenvalue weighted by Gasteiger charge is -2.27. The van der Waals surface area contributed by atoms with Crippen LogP contribution >= 0.6 is 0 Å². The van der Waals surface area contributed by atoms with Crippen molar-refractivity contribution >= 4 is 22.6 Å². The molecule has 1 atom stereocenters. The number of hydrogen-bond donors (Lipinski definition) is 1. The zero-order valence-corrected chi connectivity index (χ0v) is 19.4. The predicted octanol–water partition coefficient (Wildman–Crippen LogP) is 5.62. The smallest absolute Gasteiger partial charge is 0.222 e. The van der Waals surface area contributed by atoms with Crippen LogP contribution in [0.4, 0.5) is 5.82 Å². The third kappa shape index (κ3) is 5.58. The third-order valence-corrected chi connectivity index (χ3v) is 5.50. The number of benzene rings is 2. The van der Waals surface area contributed by atoms with E-state index in [0.717, 1.165) is 28.8 Å². The molecule has 6 nitrogen and oxygen atoms in total. The summed E-state index contributed by atoms with van der Waals surface area (Å²) in [4.78, 5) is 24.5. The molecule has 0 aliphatic rings. The molecule has 6 heteroatoms. The second-order valence-corrected chi connectivity index (χ2v) is 8.66. The Balaban J connectivity index is 1.58. The highest BCUT2D eigenvalue weighted by atomic mass is 16.3. The number of rotatable bonds is 9. The normalized spacial score (nSPS) is 12.1. The van der Waals surface area contributed by atoms with Crippen molar-refractivity contribution in [3.05, 3.63) is 78.6 Å². The van der Waals surface area contributed by atoms with Crippen LogP contribution in [0.15, 0.2) is 77.4 Å². The molecule has 0 spiro atoms. The predicted molar refractivity (Wildman–Crippen MR) is 132 cm³/mol. The summed E-state index contributed by atoms with van der Waals surface area (Å²) in [6.07, 6.45) is 2.00. The largest absolute Gasteiger partial charge is 0.461 e. The van der Waals surface area contributed by atoms with Gasteiger partial charge in [-0.3, -0.25) is 4.79 Å². The molecule has 0 aliphatic heterocycles. The molecule has 0 bridgehead atoms. The molecular formula is C27H30N4O2. The SMILES string of the molecule is CC(C)CN(CCC(=O)N[C@H](C)c1ccccc1)c1nc(-c2ccco2)nc2ccccc12. The average molecular weight is 443 g/mol. The molecule has 0 radical (unpaired) electrons. The number of fused-ring (bicyclic) bond motifs is 1. The van der Waals surface area contributed by atoms with Crippen LogP contribution in [0.1, 0.15) is 38.8 Å². The molecule has 4 rings (SSSR count).